The number of para-hydroxylation sites is 1. The first-order valence-electron chi connectivity index (χ1n) is 6.13. The van der Waals surface area contributed by atoms with Gasteiger partial charge in [0.15, 0.2) is 0 Å². The van der Waals surface area contributed by atoms with Crippen molar-refractivity contribution in [2.75, 3.05) is 20.1 Å². The van der Waals surface area contributed by atoms with E-state index in [1.54, 1.807) is 0 Å². The Balaban J connectivity index is 0.00000120. The summed E-state index contributed by atoms with van der Waals surface area (Å²) in [4.78, 5) is 2.40. The zero-order valence-electron chi connectivity index (χ0n) is 10.8. The van der Waals surface area contributed by atoms with Gasteiger partial charge in [-0.05, 0) is 20.0 Å². The molecular weight excluding hydrogens is 248 g/mol. The van der Waals surface area contributed by atoms with Crippen LogP contribution < -0.4 is 5.32 Å². The fraction of sp³-hybridized carbons (Fsp3) is 0.429. The normalized spacial score (nSPS) is 15.7. The highest BCUT2D eigenvalue weighted by molar-refractivity contribution is 5.85. The van der Waals surface area contributed by atoms with Crippen LogP contribution in [0.3, 0.4) is 0 Å². The van der Waals surface area contributed by atoms with Gasteiger partial charge in [0, 0.05) is 36.6 Å². The Labute approximate surface area is 114 Å². The maximum atomic E-state index is 5.79. The van der Waals surface area contributed by atoms with Gasteiger partial charge in [-0.1, -0.05) is 18.2 Å². The molecule has 18 heavy (non-hydrogen) atoms. The smallest absolute Gasteiger partial charge is 0.134 e. The fourth-order valence-electron chi connectivity index (χ4n) is 2.38. The molecule has 2 aromatic rings. The van der Waals surface area contributed by atoms with Crippen molar-refractivity contribution in [1.29, 1.82) is 0 Å². The average molecular weight is 267 g/mol. The summed E-state index contributed by atoms with van der Waals surface area (Å²) < 4.78 is 5.79. The molecule has 0 radical (unpaired) electrons. The number of furan rings is 1. The minimum atomic E-state index is 0. The molecule has 1 aliphatic rings. The van der Waals surface area contributed by atoms with E-state index < -0.39 is 0 Å². The fourth-order valence-corrected chi connectivity index (χ4v) is 2.38. The van der Waals surface area contributed by atoms with Crippen molar-refractivity contribution in [1.82, 2.24) is 10.2 Å². The van der Waals surface area contributed by atoms with E-state index in [4.69, 9.17) is 4.42 Å². The molecule has 0 amide bonds. The number of aryl methyl sites for hydroxylation is 1. The summed E-state index contributed by atoms with van der Waals surface area (Å²) >= 11 is 0. The number of benzene rings is 1. The molecule has 1 fully saturated rings. The second-order valence-electron chi connectivity index (χ2n) is 4.86. The number of halogens is 1. The van der Waals surface area contributed by atoms with Gasteiger partial charge in [0.05, 0.1) is 0 Å². The van der Waals surface area contributed by atoms with Crippen molar-refractivity contribution < 1.29 is 4.42 Å². The molecule has 4 heteroatoms. The molecule has 98 valence electrons. The topological polar surface area (TPSA) is 28.4 Å². The lowest BCUT2D eigenvalue weighted by Gasteiger charge is -2.35. The Morgan fingerprint density at radius 1 is 1.33 bits per heavy atom. The van der Waals surface area contributed by atoms with Crippen molar-refractivity contribution in [3.8, 4) is 0 Å². The minimum absolute atomic E-state index is 0. The number of rotatable bonds is 3. The van der Waals surface area contributed by atoms with E-state index in [1.165, 1.54) is 10.9 Å². The monoisotopic (exact) mass is 266 g/mol. The van der Waals surface area contributed by atoms with Crippen LogP contribution in [0.1, 0.15) is 11.3 Å². The van der Waals surface area contributed by atoms with Crippen LogP contribution >= 0.6 is 12.4 Å². The Bertz CT molecular complexity index is 534. The number of nitrogens with one attached hydrogen (secondary N) is 1. The summed E-state index contributed by atoms with van der Waals surface area (Å²) in [6, 6.07) is 8.95. The van der Waals surface area contributed by atoms with Gasteiger partial charge in [-0.2, -0.15) is 0 Å². The van der Waals surface area contributed by atoms with Crippen LogP contribution in [0, 0.1) is 6.92 Å². The lowest BCUT2D eigenvalue weighted by molar-refractivity contribution is 0.173. The molecule has 1 aliphatic heterocycles. The van der Waals surface area contributed by atoms with Crippen molar-refractivity contribution in [2.45, 2.75) is 19.5 Å². The molecule has 1 aromatic carbocycles. The summed E-state index contributed by atoms with van der Waals surface area (Å²) in [5, 5.41) is 4.56. The van der Waals surface area contributed by atoms with Crippen LogP contribution in [-0.2, 0) is 6.54 Å². The van der Waals surface area contributed by atoms with E-state index >= 15 is 0 Å². The number of hydrogen-bond acceptors (Lipinski definition) is 3. The van der Waals surface area contributed by atoms with Gasteiger partial charge >= 0.3 is 0 Å². The molecule has 0 saturated carbocycles. The standard InChI is InChI=1S/C14H18N2O.ClH/c1-10-13(9-16(2)11-7-15-8-11)12-5-3-4-6-14(12)17-10;/h3-6,11,15H,7-9H2,1-2H3;1H. The number of hydrogen-bond donors (Lipinski definition) is 1. The van der Waals surface area contributed by atoms with Crippen molar-refractivity contribution in [3.05, 3.63) is 35.6 Å². The molecule has 0 atom stereocenters. The van der Waals surface area contributed by atoms with E-state index in [0.29, 0.717) is 6.04 Å². The molecular formula is C14H19ClN2O. The van der Waals surface area contributed by atoms with Crippen LogP contribution in [-0.4, -0.2) is 31.1 Å². The van der Waals surface area contributed by atoms with Crippen LogP contribution in [0.2, 0.25) is 0 Å². The third kappa shape index (κ3) is 2.26. The van der Waals surface area contributed by atoms with Crippen LogP contribution in [0.25, 0.3) is 11.0 Å². The summed E-state index contributed by atoms with van der Waals surface area (Å²) in [5.41, 5.74) is 2.33. The minimum Gasteiger partial charge on any atom is -0.461 e. The molecule has 2 heterocycles. The van der Waals surface area contributed by atoms with Gasteiger partial charge in [0.25, 0.3) is 0 Å². The predicted octanol–water partition coefficient (Wildman–Crippen LogP) is 2.57. The molecule has 0 aliphatic carbocycles. The number of likely N-dealkylation sites (N-methyl/N-ethyl adjacent to an activating group) is 1. The van der Waals surface area contributed by atoms with Crippen molar-refractivity contribution in [3.63, 3.8) is 0 Å². The highest BCUT2D eigenvalue weighted by atomic mass is 35.5. The van der Waals surface area contributed by atoms with Crippen LogP contribution in [0.15, 0.2) is 28.7 Å². The summed E-state index contributed by atoms with van der Waals surface area (Å²) in [6.07, 6.45) is 0. The zero-order valence-corrected chi connectivity index (χ0v) is 11.6. The summed E-state index contributed by atoms with van der Waals surface area (Å²) in [6.45, 7) is 5.23. The summed E-state index contributed by atoms with van der Waals surface area (Å²) in [7, 11) is 2.19. The first kappa shape index (κ1) is 13.4. The van der Waals surface area contributed by atoms with E-state index in [1.807, 2.05) is 12.1 Å². The van der Waals surface area contributed by atoms with E-state index in [0.717, 1.165) is 31.0 Å². The molecule has 1 aromatic heterocycles. The maximum absolute atomic E-state index is 5.79. The molecule has 3 rings (SSSR count). The largest absolute Gasteiger partial charge is 0.461 e. The predicted molar refractivity (Wildman–Crippen MR) is 76.3 cm³/mol. The molecule has 3 nitrogen and oxygen atoms in total. The van der Waals surface area contributed by atoms with E-state index in [9.17, 15) is 0 Å². The van der Waals surface area contributed by atoms with E-state index in [2.05, 4.69) is 36.3 Å². The van der Waals surface area contributed by atoms with Crippen molar-refractivity contribution >= 4 is 23.4 Å². The third-order valence-corrected chi connectivity index (χ3v) is 3.69. The Morgan fingerprint density at radius 3 is 2.72 bits per heavy atom. The summed E-state index contributed by atoms with van der Waals surface area (Å²) in [5.74, 6) is 1.05. The molecule has 1 saturated heterocycles. The SMILES string of the molecule is Cc1oc2ccccc2c1CN(C)C1CNC1.Cl. The number of nitrogens with zero attached hydrogens (tertiary/aromatic N) is 1. The van der Waals surface area contributed by atoms with Gasteiger partial charge < -0.3 is 9.73 Å². The first-order valence-corrected chi connectivity index (χ1v) is 6.13. The molecule has 0 spiro atoms. The lowest BCUT2D eigenvalue weighted by Crippen LogP contribution is -2.55. The second-order valence-corrected chi connectivity index (χ2v) is 4.86. The Kier molecular flexibility index (Phi) is 3.95. The van der Waals surface area contributed by atoms with Gasteiger partial charge in [0.1, 0.15) is 11.3 Å². The highest BCUT2D eigenvalue weighted by Crippen LogP contribution is 2.26. The Hall–Kier alpha value is -1.03. The second kappa shape index (κ2) is 5.31. The van der Waals surface area contributed by atoms with Gasteiger partial charge in [-0.25, -0.2) is 0 Å². The molecule has 1 N–H and O–H groups in total. The maximum Gasteiger partial charge on any atom is 0.134 e. The van der Waals surface area contributed by atoms with Crippen LogP contribution in [0.4, 0.5) is 0 Å². The highest BCUT2D eigenvalue weighted by Gasteiger charge is 2.23. The van der Waals surface area contributed by atoms with Gasteiger partial charge in [-0.15, -0.1) is 12.4 Å². The molecule has 0 unspecified atom stereocenters. The quantitative estimate of drug-likeness (QED) is 0.926. The van der Waals surface area contributed by atoms with Crippen molar-refractivity contribution in [2.24, 2.45) is 0 Å². The third-order valence-electron chi connectivity index (χ3n) is 3.69. The lowest BCUT2D eigenvalue weighted by atomic mass is 10.1. The van der Waals surface area contributed by atoms with Crippen LogP contribution in [0.5, 0.6) is 0 Å². The first-order chi connectivity index (χ1) is 8.25. The zero-order chi connectivity index (χ0) is 11.8. The Morgan fingerprint density at radius 2 is 2.06 bits per heavy atom. The average Bonchev–Trinajstić information content (AvgIpc) is 2.53. The molecule has 0 bridgehead atoms. The number of fused-ring (bicyclic) bond motifs is 1. The van der Waals surface area contributed by atoms with Gasteiger partial charge in [0.2, 0.25) is 0 Å². The van der Waals surface area contributed by atoms with E-state index in [-0.39, 0.29) is 12.4 Å². The van der Waals surface area contributed by atoms with Gasteiger partial charge in [-0.3, -0.25) is 4.90 Å².